The summed E-state index contributed by atoms with van der Waals surface area (Å²) in [6.07, 6.45) is 1.20. The molecule has 0 spiro atoms. The van der Waals surface area contributed by atoms with Crippen LogP contribution in [-0.2, 0) is 0 Å². The van der Waals surface area contributed by atoms with Crippen LogP contribution in [0.5, 0.6) is 0 Å². The van der Waals surface area contributed by atoms with Crippen LogP contribution >= 0.6 is 0 Å². The molecule has 1 saturated heterocycles. The molecule has 0 amide bonds. The second-order valence-electron chi connectivity index (χ2n) is 5.89. The number of ketones is 1. The first-order chi connectivity index (χ1) is 8.99. The van der Waals surface area contributed by atoms with E-state index in [0.29, 0.717) is 24.4 Å². The molecule has 1 aliphatic rings. The Hall–Kier alpha value is -1.22. The standard InChI is InChI=1S/C16H22FNO/c1-11-8-12(2)13(3)18(9-11)10-16(19)14-6-4-5-7-15(14)17/h4-7,11-13H,8-10H2,1-3H3. The van der Waals surface area contributed by atoms with Crippen LogP contribution in [0, 0.1) is 17.7 Å². The second kappa shape index (κ2) is 5.83. The number of benzene rings is 1. The lowest BCUT2D eigenvalue weighted by molar-refractivity contribution is 0.0647. The zero-order valence-corrected chi connectivity index (χ0v) is 11.9. The Morgan fingerprint density at radius 2 is 2.00 bits per heavy atom. The fourth-order valence-electron chi connectivity index (χ4n) is 3.00. The summed E-state index contributed by atoms with van der Waals surface area (Å²) in [5, 5.41) is 0. The molecule has 3 atom stereocenters. The summed E-state index contributed by atoms with van der Waals surface area (Å²) in [6, 6.07) is 6.62. The number of carbonyl (C=O) groups excluding carboxylic acids is 1. The summed E-state index contributed by atoms with van der Waals surface area (Å²) in [4.78, 5) is 14.4. The number of rotatable bonds is 3. The molecule has 0 aromatic heterocycles. The molecule has 0 aliphatic carbocycles. The highest BCUT2D eigenvalue weighted by Crippen LogP contribution is 2.27. The van der Waals surface area contributed by atoms with E-state index < -0.39 is 5.82 Å². The van der Waals surface area contributed by atoms with Crippen molar-refractivity contribution >= 4 is 5.78 Å². The lowest BCUT2D eigenvalue weighted by Crippen LogP contribution is -2.47. The molecular weight excluding hydrogens is 241 g/mol. The Bertz CT molecular complexity index is 460. The van der Waals surface area contributed by atoms with E-state index in [4.69, 9.17) is 0 Å². The van der Waals surface area contributed by atoms with Gasteiger partial charge in [-0.25, -0.2) is 4.39 Å². The molecule has 1 fully saturated rings. The first kappa shape index (κ1) is 14.2. The molecule has 104 valence electrons. The van der Waals surface area contributed by atoms with Crippen LogP contribution in [-0.4, -0.2) is 29.8 Å². The Morgan fingerprint density at radius 1 is 1.32 bits per heavy atom. The van der Waals surface area contributed by atoms with Crippen molar-refractivity contribution in [2.75, 3.05) is 13.1 Å². The van der Waals surface area contributed by atoms with Crippen molar-refractivity contribution in [2.45, 2.75) is 33.2 Å². The van der Waals surface area contributed by atoms with Gasteiger partial charge in [-0.3, -0.25) is 9.69 Å². The molecule has 1 aromatic carbocycles. The van der Waals surface area contributed by atoms with Crippen molar-refractivity contribution in [1.82, 2.24) is 4.90 Å². The van der Waals surface area contributed by atoms with Crippen molar-refractivity contribution in [3.63, 3.8) is 0 Å². The van der Waals surface area contributed by atoms with E-state index in [1.807, 2.05) is 0 Å². The summed E-state index contributed by atoms with van der Waals surface area (Å²) < 4.78 is 13.6. The van der Waals surface area contributed by atoms with Gasteiger partial charge in [-0.15, -0.1) is 0 Å². The lowest BCUT2D eigenvalue weighted by Gasteiger charge is -2.40. The number of nitrogens with zero attached hydrogens (tertiary/aromatic N) is 1. The number of hydrogen-bond donors (Lipinski definition) is 0. The Kier molecular flexibility index (Phi) is 4.35. The minimum atomic E-state index is -0.418. The summed E-state index contributed by atoms with van der Waals surface area (Å²) >= 11 is 0. The average molecular weight is 263 g/mol. The van der Waals surface area contributed by atoms with E-state index in [0.717, 1.165) is 6.54 Å². The van der Waals surface area contributed by atoms with Crippen LogP contribution in [0.2, 0.25) is 0 Å². The largest absolute Gasteiger partial charge is 0.293 e. The second-order valence-corrected chi connectivity index (χ2v) is 5.89. The molecular formula is C16H22FNO. The molecule has 19 heavy (non-hydrogen) atoms. The van der Waals surface area contributed by atoms with Gasteiger partial charge >= 0.3 is 0 Å². The molecule has 0 saturated carbocycles. The Morgan fingerprint density at radius 3 is 2.68 bits per heavy atom. The van der Waals surface area contributed by atoms with E-state index in [1.54, 1.807) is 18.2 Å². The summed E-state index contributed by atoms with van der Waals surface area (Å²) in [7, 11) is 0. The van der Waals surface area contributed by atoms with E-state index in [-0.39, 0.29) is 11.3 Å². The van der Waals surface area contributed by atoms with Gasteiger partial charge in [0.05, 0.1) is 12.1 Å². The highest BCUT2D eigenvalue weighted by molar-refractivity contribution is 5.97. The molecule has 3 unspecified atom stereocenters. The Balaban J connectivity index is 2.08. The summed E-state index contributed by atoms with van der Waals surface area (Å²) in [5.74, 6) is 0.640. The average Bonchev–Trinajstić information content (AvgIpc) is 2.35. The SMILES string of the molecule is CC1CC(C)C(C)N(CC(=O)c2ccccc2F)C1. The highest BCUT2D eigenvalue weighted by Gasteiger charge is 2.30. The molecule has 1 heterocycles. The van der Waals surface area contributed by atoms with Crippen LogP contribution in [0.4, 0.5) is 4.39 Å². The van der Waals surface area contributed by atoms with Crippen molar-refractivity contribution < 1.29 is 9.18 Å². The summed E-state index contributed by atoms with van der Waals surface area (Å²) in [5.41, 5.74) is 0.209. The maximum Gasteiger partial charge on any atom is 0.179 e. The monoisotopic (exact) mass is 263 g/mol. The van der Waals surface area contributed by atoms with E-state index in [1.165, 1.54) is 12.5 Å². The van der Waals surface area contributed by atoms with Crippen molar-refractivity contribution in [3.8, 4) is 0 Å². The third-order valence-electron chi connectivity index (χ3n) is 4.24. The topological polar surface area (TPSA) is 20.3 Å². The van der Waals surface area contributed by atoms with Gasteiger partial charge in [0.1, 0.15) is 5.82 Å². The van der Waals surface area contributed by atoms with Gasteiger partial charge in [-0.05, 0) is 37.3 Å². The zero-order valence-electron chi connectivity index (χ0n) is 11.9. The minimum Gasteiger partial charge on any atom is -0.293 e. The number of Topliss-reactive ketones (excluding diaryl/α,β-unsaturated/α-hetero) is 1. The first-order valence-electron chi connectivity index (χ1n) is 7.00. The highest BCUT2D eigenvalue weighted by atomic mass is 19.1. The Labute approximate surface area is 114 Å². The third-order valence-corrected chi connectivity index (χ3v) is 4.24. The third kappa shape index (κ3) is 3.21. The molecule has 2 nitrogen and oxygen atoms in total. The van der Waals surface area contributed by atoms with Crippen LogP contribution in [0.3, 0.4) is 0 Å². The van der Waals surface area contributed by atoms with Gasteiger partial charge in [0, 0.05) is 12.6 Å². The van der Waals surface area contributed by atoms with Crippen LogP contribution in [0.25, 0.3) is 0 Å². The van der Waals surface area contributed by atoms with Gasteiger partial charge in [-0.2, -0.15) is 0 Å². The molecule has 3 heteroatoms. The fourth-order valence-corrected chi connectivity index (χ4v) is 3.00. The molecule has 0 radical (unpaired) electrons. The van der Waals surface area contributed by atoms with Crippen LogP contribution < -0.4 is 0 Å². The maximum absolute atomic E-state index is 13.6. The normalized spacial score (nSPS) is 28.3. The predicted octanol–water partition coefficient (Wildman–Crippen LogP) is 3.37. The lowest BCUT2D eigenvalue weighted by atomic mass is 9.86. The zero-order chi connectivity index (χ0) is 14.0. The van der Waals surface area contributed by atoms with Crippen molar-refractivity contribution in [2.24, 2.45) is 11.8 Å². The van der Waals surface area contributed by atoms with E-state index in [9.17, 15) is 9.18 Å². The van der Waals surface area contributed by atoms with Crippen molar-refractivity contribution in [1.29, 1.82) is 0 Å². The van der Waals surface area contributed by atoms with E-state index >= 15 is 0 Å². The molecule has 2 rings (SSSR count). The van der Waals surface area contributed by atoms with Gasteiger partial charge in [0.15, 0.2) is 5.78 Å². The molecule has 0 N–H and O–H groups in total. The smallest absolute Gasteiger partial charge is 0.179 e. The maximum atomic E-state index is 13.6. The fraction of sp³-hybridized carbons (Fsp3) is 0.562. The quantitative estimate of drug-likeness (QED) is 0.779. The van der Waals surface area contributed by atoms with Gasteiger partial charge in [0.25, 0.3) is 0 Å². The number of carbonyl (C=O) groups is 1. The van der Waals surface area contributed by atoms with Crippen molar-refractivity contribution in [3.05, 3.63) is 35.6 Å². The van der Waals surface area contributed by atoms with Gasteiger partial charge < -0.3 is 0 Å². The summed E-state index contributed by atoms with van der Waals surface area (Å²) in [6.45, 7) is 7.83. The van der Waals surface area contributed by atoms with Gasteiger partial charge in [-0.1, -0.05) is 26.0 Å². The predicted molar refractivity (Wildman–Crippen MR) is 74.7 cm³/mol. The number of likely N-dealkylation sites (tertiary alicyclic amines) is 1. The molecule has 1 aliphatic heterocycles. The minimum absolute atomic E-state index is 0.119. The number of piperidine rings is 1. The first-order valence-corrected chi connectivity index (χ1v) is 7.00. The number of hydrogen-bond acceptors (Lipinski definition) is 2. The molecule has 0 bridgehead atoms. The van der Waals surface area contributed by atoms with Gasteiger partial charge in [0.2, 0.25) is 0 Å². The van der Waals surface area contributed by atoms with E-state index in [2.05, 4.69) is 25.7 Å². The number of halogens is 1. The van der Waals surface area contributed by atoms with Crippen LogP contribution in [0.15, 0.2) is 24.3 Å². The van der Waals surface area contributed by atoms with Crippen LogP contribution in [0.1, 0.15) is 37.6 Å². The molecule has 1 aromatic rings.